The molecule has 2 aliphatic rings. The molecule has 1 aromatic rings. The zero-order chi connectivity index (χ0) is 15.8. The highest BCUT2D eigenvalue weighted by atomic mass is 32.2. The van der Waals surface area contributed by atoms with E-state index in [1.54, 1.807) is 0 Å². The van der Waals surface area contributed by atoms with E-state index < -0.39 is 0 Å². The SMILES string of the molecule is C[C@H](O)CC(SCC12CCC(CC1)C2(C)C)c1ccccc1. The molecule has 2 saturated carbocycles. The third-order valence-corrected chi connectivity index (χ3v) is 8.20. The van der Waals surface area contributed by atoms with E-state index in [9.17, 15) is 5.11 Å². The molecule has 1 N–H and O–H groups in total. The molecular weight excluding hydrogens is 288 g/mol. The van der Waals surface area contributed by atoms with Crippen LogP contribution < -0.4 is 0 Å². The van der Waals surface area contributed by atoms with Crippen molar-refractivity contribution in [1.82, 2.24) is 0 Å². The second-order valence-corrected chi connectivity index (χ2v) is 9.26. The van der Waals surface area contributed by atoms with Gasteiger partial charge in [-0.2, -0.15) is 11.8 Å². The first-order valence-electron chi connectivity index (χ1n) is 8.79. The van der Waals surface area contributed by atoms with Crippen LogP contribution in [0.5, 0.6) is 0 Å². The fourth-order valence-electron chi connectivity index (χ4n) is 4.84. The van der Waals surface area contributed by atoms with Gasteiger partial charge in [0.1, 0.15) is 0 Å². The maximum absolute atomic E-state index is 9.90. The topological polar surface area (TPSA) is 20.2 Å². The molecule has 2 bridgehead atoms. The summed E-state index contributed by atoms with van der Waals surface area (Å²) in [6.45, 7) is 6.93. The summed E-state index contributed by atoms with van der Waals surface area (Å²) in [5.41, 5.74) is 2.41. The van der Waals surface area contributed by atoms with Crippen LogP contribution in [-0.4, -0.2) is 17.0 Å². The van der Waals surface area contributed by atoms with Crippen LogP contribution in [0.3, 0.4) is 0 Å². The Morgan fingerprint density at radius 1 is 1.18 bits per heavy atom. The maximum Gasteiger partial charge on any atom is 0.0525 e. The van der Waals surface area contributed by atoms with Crippen molar-refractivity contribution >= 4 is 11.8 Å². The number of rotatable bonds is 6. The molecule has 0 aromatic heterocycles. The minimum Gasteiger partial charge on any atom is -0.393 e. The number of benzene rings is 1. The van der Waals surface area contributed by atoms with Gasteiger partial charge in [-0.15, -0.1) is 0 Å². The monoisotopic (exact) mass is 318 g/mol. The molecule has 0 spiro atoms. The van der Waals surface area contributed by atoms with E-state index in [-0.39, 0.29) is 6.10 Å². The molecule has 3 rings (SSSR count). The molecule has 0 saturated heterocycles. The molecule has 0 amide bonds. The van der Waals surface area contributed by atoms with Crippen molar-refractivity contribution in [2.24, 2.45) is 16.7 Å². The zero-order valence-electron chi connectivity index (χ0n) is 14.2. The van der Waals surface area contributed by atoms with Crippen LogP contribution in [-0.2, 0) is 0 Å². The summed E-state index contributed by atoms with van der Waals surface area (Å²) in [4.78, 5) is 0. The summed E-state index contributed by atoms with van der Waals surface area (Å²) in [6.07, 6.45) is 6.30. The second kappa shape index (κ2) is 6.20. The van der Waals surface area contributed by atoms with E-state index in [0.717, 1.165) is 12.3 Å². The summed E-state index contributed by atoms with van der Waals surface area (Å²) >= 11 is 2.09. The van der Waals surface area contributed by atoms with Gasteiger partial charge in [-0.3, -0.25) is 0 Å². The molecule has 122 valence electrons. The van der Waals surface area contributed by atoms with Crippen LogP contribution in [0.15, 0.2) is 30.3 Å². The zero-order valence-corrected chi connectivity index (χ0v) is 15.0. The lowest BCUT2D eigenvalue weighted by Crippen LogP contribution is -2.33. The standard InChI is InChI=1S/C20H30OS/c1-15(21)13-18(16-7-5-4-6-8-16)22-14-20-11-9-17(10-12-20)19(20,2)3/h4-8,15,17-18,21H,9-14H2,1-3H3/t15-,17?,18?,20?/m0/s1. The average Bonchev–Trinajstić information content (AvgIpc) is 2.89. The summed E-state index contributed by atoms with van der Waals surface area (Å²) in [5.74, 6) is 2.20. The molecule has 1 aromatic carbocycles. The van der Waals surface area contributed by atoms with Crippen LogP contribution in [0.4, 0.5) is 0 Å². The lowest BCUT2D eigenvalue weighted by Gasteiger charge is -2.39. The van der Waals surface area contributed by atoms with Crippen LogP contribution in [0, 0.1) is 16.7 Å². The fourth-order valence-corrected chi connectivity index (χ4v) is 6.78. The Morgan fingerprint density at radius 3 is 2.32 bits per heavy atom. The molecule has 2 fully saturated rings. The molecule has 2 heteroatoms. The number of hydrogen-bond donors (Lipinski definition) is 1. The summed E-state index contributed by atoms with van der Waals surface area (Å²) in [6, 6.07) is 10.8. The van der Waals surface area contributed by atoms with Crippen LogP contribution in [0.2, 0.25) is 0 Å². The molecular formula is C20H30OS. The maximum atomic E-state index is 9.90. The van der Waals surface area contributed by atoms with Crippen molar-refractivity contribution in [3.05, 3.63) is 35.9 Å². The molecule has 1 nitrogen and oxygen atoms in total. The van der Waals surface area contributed by atoms with Gasteiger partial charge in [-0.1, -0.05) is 44.2 Å². The van der Waals surface area contributed by atoms with Crippen LogP contribution >= 0.6 is 11.8 Å². The average molecular weight is 319 g/mol. The quantitative estimate of drug-likeness (QED) is 0.753. The van der Waals surface area contributed by atoms with Gasteiger partial charge in [-0.25, -0.2) is 0 Å². The molecule has 0 heterocycles. The van der Waals surface area contributed by atoms with E-state index in [0.29, 0.717) is 16.1 Å². The van der Waals surface area contributed by atoms with Gasteiger partial charge in [-0.05, 0) is 61.3 Å². The Balaban J connectivity index is 1.72. The molecule has 22 heavy (non-hydrogen) atoms. The van der Waals surface area contributed by atoms with E-state index in [1.165, 1.54) is 37.0 Å². The van der Waals surface area contributed by atoms with Crippen molar-refractivity contribution in [2.75, 3.05) is 5.75 Å². The second-order valence-electron chi connectivity index (χ2n) is 8.07. The number of aliphatic hydroxyl groups is 1. The molecule has 1 unspecified atom stereocenters. The fraction of sp³-hybridized carbons (Fsp3) is 0.700. The summed E-state index contributed by atoms with van der Waals surface area (Å²) in [7, 11) is 0. The van der Waals surface area contributed by atoms with E-state index in [2.05, 4.69) is 55.9 Å². The van der Waals surface area contributed by atoms with Crippen molar-refractivity contribution in [2.45, 2.75) is 64.2 Å². The Kier molecular flexibility index (Phi) is 4.62. The van der Waals surface area contributed by atoms with Gasteiger partial charge in [0, 0.05) is 11.0 Å². The molecule has 2 aliphatic carbocycles. The third kappa shape index (κ3) is 2.85. The summed E-state index contributed by atoms with van der Waals surface area (Å²) in [5, 5.41) is 10.3. The molecule has 0 radical (unpaired) electrons. The first-order chi connectivity index (χ1) is 10.4. The lowest BCUT2D eigenvalue weighted by molar-refractivity contribution is 0.157. The van der Waals surface area contributed by atoms with Crippen LogP contribution in [0.25, 0.3) is 0 Å². The normalized spacial score (nSPS) is 32.1. The minimum absolute atomic E-state index is 0.233. The first-order valence-corrected chi connectivity index (χ1v) is 9.84. The van der Waals surface area contributed by atoms with Gasteiger partial charge < -0.3 is 5.11 Å². The highest BCUT2D eigenvalue weighted by molar-refractivity contribution is 7.99. The predicted octanol–water partition coefficient (Wildman–Crippen LogP) is 5.45. The van der Waals surface area contributed by atoms with Gasteiger partial charge in [0.25, 0.3) is 0 Å². The Bertz CT molecular complexity index is 486. The van der Waals surface area contributed by atoms with E-state index >= 15 is 0 Å². The van der Waals surface area contributed by atoms with E-state index in [4.69, 9.17) is 0 Å². The Hall–Kier alpha value is -0.470. The Morgan fingerprint density at radius 2 is 1.82 bits per heavy atom. The highest BCUT2D eigenvalue weighted by Gasteiger charge is 2.58. The number of aliphatic hydroxyl groups excluding tert-OH is 1. The minimum atomic E-state index is -0.233. The Labute approximate surface area is 139 Å². The largest absolute Gasteiger partial charge is 0.393 e. The van der Waals surface area contributed by atoms with Gasteiger partial charge >= 0.3 is 0 Å². The van der Waals surface area contributed by atoms with Gasteiger partial charge in [0.2, 0.25) is 0 Å². The summed E-state index contributed by atoms with van der Waals surface area (Å²) < 4.78 is 0. The van der Waals surface area contributed by atoms with Crippen molar-refractivity contribution in [1.29, 1.82) is 0 Å². The number of hydrogen-bond acceptors (Lipinski definition) is 2. The third-order valence-electron chi connectivity index (χ3n) is 6.62. The molecule has 2 atom stereocenters. The smallest absolute Gasteiger partial charge is 0.0525 e. The highest BCUT2D eigenvalue weighted by Crippen LogP contribution is 2.67. The van der Waals surface area contributed by atoms with Crippen molar-refractivity contribution in [3.8, 4) is 0 Å². The van der Waals surface area contributed by atoms with Gasteiger partial charge in [0.15, 0.2) is 0 Å². The number of fused-ring (bicyclic) bond motifs is 2. The van der Waals surface area contributed by atoms with Crippen molar-refractivity contribution in [3.63, 3.8) is 0 Å². The van der Waals surface area contributed by atoms with E-state index in [1.807, 2.05) is 6.92 Å². The molecule has 0 aliphatic heterocycles. The first kappa shape index (κ1) is 16.4. The van der Waals surface area contributed by atoms with Crippen LogP contribution in [0.1, 0.15) is 63.7 Å². The lowest BCUT2D eigenvalue weighted by atomic mass is 9.71. The predicted molar refractivity (Wildman–Crippen MR) is 96.1 cm³/mol. The number of thioether (sulfide) groups is 1. The van der Waals surface area contributed by atoms with Crippen molar-refractivity contribution < 1.29 is 5.11 Å². The van der Waals surface area contributed by atoms with Gasteiger partial charge in [0.05, 0.1) is 6.10 Å².